The van der Waals surface area contributed by atoms with Crippen LogP contribution in [0.25, 0.3) is 0 Å². The zero-order valence-corrected chi connectivity index (χ0v) is 8.86. The van der Waals surface area contributed by atoms with Gasteiger partial charge in [-0.1, -0.05) is 18.2 Å². The molecule has 15 heavy (non-hydrogen) atoms. The Labute approximate surface area is 88.6 Å². The van der Waals surface area contributed by atoms with Gasteiger partial charge in [-0.2, -0.15) is 0 Å². The van der Waals surface area contributed by atoms with E-state index in [2.05, 4.69) is 16.1 Å². The van der Waals surface area contributed by atoms with E-state index in [4.69, 9.17) is 0 Å². The van der Waals surface area contributed by atoms with Gasteiger partial charge in [-0.25, -0.2) is 0 Å². The van der Waals surface area contributed by atoms with Gasteiger partial charge in [0.05, 0.1) is 14.2 Å². The average Bonchev–Trinajstić information content (AvgIpc) is 2.71. The first-order valence-corrected chi connectivity index (χ1v) is 4.59. The number of esters is 2. The minimum Gasteiger partial charge on any atom is -0.468 e. The molecule has 1 aliphatic rings. The highest BCUT2D eigenvalue weighted by Crippen LogP contribution is 2.41. The summed E-state index contributed by atoms with van der Waals surface area (Å²) in [5.74, 6) is -1.52. The highest BCUT2D eigenvalue weighted by molar-refractivity contribution is 6.01. The van der Waals surface area contributed by atoms with Crippen molar-refractivity contribution in [2.45, 2.75) is 6.42 Å². The van der Waals surface area contributed by atoms with Crippen LogP contribution in [0.2, 0.25) is 0 Å². The van der Waals surface area contributed by atoms with E-state index in [-0.39, 0.29) is 5.92 Å². The third-order valence-electron chi connectivity index (χ3n) is 2.71. The summed E-state index contributed by atoms with van der Waals surface area (Å²) in [5.41, 5.74) is -1.27. The van der Waals surface area contributed by atoms with E-state index in [1.165, 1.54) is 14.2 Å². The van der Waals surface area contributed by atoms with Crippen molar-refractivity contribution in [3.63, 3.8) is 0 Å². The minimum atomic E-state index is -1.27. The van der Waals surface area contributed by atoms with Gasteiger partial charge < -0.3 is 9.47 Å². The van der Waals surface area contributed by atoms with Gasteiger partial charge in [-0.05, 0) is 6.42 Å². The van der Waals surface area contributed by atoms with Crippen LogP contribution in [0, 0.1) is 11.3 Å². The molecule has 1 rings (SSSR count). The lowest BCUT2D eigenvalue weighted by molar-refractivity contribution is -0.170. The smallest absolute Gasteiger partial charge is 0.324 e. The highest BCUT2D eigenvalue weighted by Gasteiger charge is 2.54. The normalized spacial score (nSPS) is 22.1. The fourth-order valence-corrected chi connectivity index (χ4v) is 1.87. The van der Waals surface area contributed by atoms with Crippen LogP contribution in [0.4, 0.5) is 0 Å². The molecule has 1 atom stereocenters. The first-order valence-electron chi connectivity index (χ1n) is 4.59. The van der Waals surface area contributed by atoms with Crippen molar-refractivity contribution in [3.8, 4) is 0 Å². The molecule has 0 radical (unpaired) electrons. The number of methoxy groups -OCH3 is 2. The molecule has 0 aromatic carbocycles. The zero-order valence-electron chi connectivity index (χ0n) is 8.86. The quantitative estimate of drug-likeness (QED) is 0.397. The molecule has 4 heteroatoms. The van der Waals surface area contributed by atoms with Gasteiger partial charge in [-0.15, -0.1) is 6.58 Å². The summed E-state index contributed by atoms with van der Waals surface area (Å²) >= 11 is 0. The molecule has 0 aliphatic heterocycles. The average molecular weight is 210 g/mol. The summed E-state index contributed by atoms with van der Waals surface area (Å²) in [6.07, 6.45) is 5.38. The molecule has 0 amide bonds. The molecule has 0 fully saturated rings. The summed E-state index contributed by atoms with van der Waals surface area (Å²) in [7, 11) is 2.51. The molecule has 0 saturated heterocycles. The van der Waals surface area contributed by atoms with Crippen molar-refractivity contribution in [2.24, 2.45) is 11.3 Å². The number of rotatable bonds is 3. The molecule has 0 heterocycles. The maximum absolute atomic E-state index is 11.7. The summed E-state index contributed by atoms with van der Waals surface area (Å²) in [6.45, 7) is 3.60. The van der Waals surface area contributed by atoms with Crippen molar-refractivity contribution in [3.05, 3.63) is 24.8 Å². The molecule has 1 aliphatic carbocycles. The van der Waals surface area contributed by atoms with Crippen molar-refractivity contribution < 1.29 is 19.1 Å². The molecule has 0 aromatic heterocycles. The van der Waals surface area contributed by atoms with Crippen LogP contribution in [-0.4, -0.2) is 26.2 Å². The van der Waals surface area contributed by atoms with Crippen molar-refractivity contribution in [1.82, 2.24) is 0 Å². The molecule has 0 saturated carbocycles. The fourth-order valence-electron chi connectivity index (χ4n) is 1.87. The minimum absolute atomic E-state index is 0.295. The largest absolute Gasteiger partial charge is 0.468 e. The Kier molecular flexibility index (Phi) is 3.29. The van der Waals surface area contributed by atoms with Gasteiger partial charge in [0.25, 0.3) is 0 Å². The van der Waals surface area contributed by atoms with E-state index in [9.17, 15) is 9.59 Å². The lowest BCUT2D eigenvalue weighted by Gasteiger charge is -2.27. The molecule has 0 bridgehead atoms. The topological polar surface area (TPSA) is 52.6 Å². The van der Waals surface area contributed by atoms with Crippen LogP contribution < -0.4 is 0 Å². The first kappa shape index (κ1) is 11.5. The second kappa shape index (κ2) is 4.29. The molecule has 0 aromatic rings. The maximum Gasteiger partial charge on any atom is 0.324 e. The standard InChI is InChI=1S/C11H14O4/c1-4-8-6-5-7-11(8,9(12)14-2)10(13)15-3/h4-6,8H,1,7H2,2-3H3. The maximum atomic E-state index is 11.7. The van der Waals surface area contributed by atoms with Crippen LogP contribution in [0.1, 0.15) is 6.42 Å². The van der Waals surface area contributed by atoms with E-state index in [1.54, 1.807) is 18.2 Å². The van der Waals surface area contributed by atoms with E-state index in [0.717, 1.165) is 0 Å². The van der Waals surface area contributed by atoms with Crippen molar-refractivity contribution in [2.75, 3.05) is 14.2 Å². The Hall–Kier alpha value is -1.58. The Morgan fingerprint density at radius 3 is 2.33 bits per heavy atom. The fraction of sp³-hybridized carbons (Fsp3) is 0.455. The van der Waals surface area contributed by atoms with Crippen molar-refractivity contribution >= 4 is 11.9 Å². The third kappa shape index (κ3) is 1.56. The number of ether oxygens (including phenoxy) is 2. The Bertz CT molecular complexity index is 301. The number of hydrogen-bond donors (Lipinski definition) is 0. The molecule has 1 unspecified atom stereocenters. The summed E-state index contributed by atoms with van der Waals surface area (Å²) in [4.78, 5) is 23.4. The van der Waals surface area contributed by atoms with Gasteiger partial charge in [0.1, 0.15) is 0 Å². The van der Waals surface area contributed by atoms with E-state index >= 15 is 0 Å². The second-order valence-electron chi connectivity index (χ2n) is 3.35. The number of carbonyl (C=O) groups is 2. The van der Waals surface area contributed by atoms with Crippen LogP contribution in [0.3, 0.4) is 0 Å². The zero-order chi connectivity index (χ0) is 11.5. The Balaban J connectivity index is 3.13. The van der Waals surface area contributed by atoms with Crippen LogP contribution in [0.5, 0.6) is 0 Å². The summed E-state index contributed by atoms with van der Waals surface area (Å²) < 4.78 is 9.33. The summed E-state index contributed by atoms with van der Waals surface area (Å²) in [6, 6.07) is 0. The Morgan fingerprint density at radius 2 is 1.93 bits per heavy atom. The number of allylic oxidation sites excluding steroid dienone is 3. The molecule has 4 nitrogen and oxygen atoms in total. The Morgan fingerprint density at radius 1 is 1.40 bits per heavy atom. The van der Waals surface area contributed by atoms with Gasteiger partial charge in [0, 0.05) is 5.92 Å². The monoisotopic (exact) mass is 210 g/mol. The SMILES string of the molecule is C=CC1C=CCC1(C(=O)OC)C(=O)OC. The van der Waals surface area contributed by atoms with Gasteiger partial charge in [-0.3, -0.25) is 9.59 Å². The lowest BCUT2D eigenvalue weighted by Crippen LogP contribution is -2.43. The van der Waals surface area contributed by atoms with Crippen LogP contribution in [-0.2, 0) is 19.1 Å². The molecule has 0 N–H and O–H groups in total. The molecular weight excluding hydrogens is 196 g/mol. The number of hydrogen-bond acceptors (Lipinski definition) is 4. The van der Waals surface area contributed by atoms with E-state index < -0.39 is 17.4 Å². The predicted octanol–water partition coefficient (Wildman–Crippen LogP) is 1.08. The highest BCUT2D eigenvalue weighted by atomic mass is 16.5. The summed E-state index contributed by atoms with van der Waals surface area (Å²) in [5, 5.41) is 0. The van der Waals surface area contributed by atoms with Crippen LogP contribution in [0.15, 0.2) is 24.8 Å². The van der Waals surface area contributed by atoms with Crippen molar-refractivity contribution in [1.29, 1.82) is 0 Å². The molecule has 82 valence electrons. The van der Waals surface area contributed by atoms with Gasteiger partial charge >= 0.3 is 11.9 Å². The molecule has 0 spiro atoms. The third-order valence-corrected chi connectivity index (χ3v) is 2.71. The first-order chi connectivity index (χ1) is 7.13. The predicted molar refractivity (Wildman–Crippen MR) is 53.9 cm³/mol. The molecular formula is C11H14O4. The lowest BCUT2D eigenvalue weighted by atomic mass is 9.77. The van der Waals surface area contributed by atoms with E-state index in [0.29, 0.717) is 6.42 Å². The van der Waals surface area contributed by atoms with Gasteiger partial charge in [0.15, 0.2) is 5.41 Å². The van der Waals surface area contributed by atoms with Gasteiger partial charge in [0.2, 0.25) is 0 Å². The van der Waals surface area contributed by atoms with Crippen LogP contribution >= 0.6 is 0 Å². The van der Waals surface area contributed by atoms with E-state index in [1.807, 2.05) is 0 Å². The number of carbonyl (C=O) groups excluding carboxylic acids is 2. The second-order valence-corrected chi connectivity index (χ2v) is 3.35.